The second-order valence-electron chi connectivity index (χ2n) is 4.55. The zero-order chi connectivity index (χ0) is 13.9. The molecule has 0 aliphatic carbocycles. The number of aromatic nitrogens is 2. The number of hydrogen-bond donors (Lipinski definition) is 1. The first kappa shape index (κ1) is 12.4. The molecule has 0 radical (unpaired) electrons. The molecule has 20 heavy (non-hydrogen) atoms. The fraction of sp³-hybridized carbons (Fsp3) is 0.125. The average Bonchev–Trinajstić information content (AvgIpc) is 2.91. The molecule has 0 unspecified atom stereocenters. The highest BCUT2D eigenvalue weighted by molar-refractivity contribution is 6.07. The number of pyridine rings is 1. The summed E-state index contributed by atoms with van der Waals surface area (Å²) in [4.78, 5) is 19.6. The van der Waals surface area contributed by atoms with Crippen molar-refractivity contribution in [1.29, 1.82) is 0 Å². The molecular weight excluding hydrogens is 252 g/mol. The number of Topliss-reactive ketones (excluding diaryl/α,β-unsaturated/α-hetero) is 1. The van der Waals surface area contributed by atoms with Crippen molar-refractivity contribution in [2.24, 2.45) is 0 Å². The summed E-state index contributed by atoms with van der Waals surface area (Å²) in [5.41, 5.74) is 2.35. The van der Waals surface area contributed by atoms with Gasteiger partial charge in [-0.2, -0.15) is 0 Å². The van der Waals surface area contributed by atoms with Crippen LogP contribution in [0.15, 0.2) is 48.8 Å². The highest BCUT2D eigenvalue weighted by atomic mass is 16.5. The number of benzene rings is 1. The Morgan fingerprint density at radius 3 is 3.05 bits per heavy atom. The molecule has 3 rings (SSSR count). The van der Waals surface area contributed by atoms with Crippen molar-refractivity contribution >= 4 is 16.8 Å². The largest absolute Gasteiger partial charge is 0.497 e. The number of fused-ring (bicyclic) bond motifs is 1. The molecule has 0 amide bonds. The van der Waals surface area contributed by atoms with Gasteiger partial charge >= 0.3 is 0 Å². The SMILES string of the molecule is COc1cccc(CC(=O)c2c[nH]c3ncccc23)c1. The molecule has 4 nitrogen and oxygen atoms in total. The number of methoxy groups -OCH3 is 1. The van der Waals surface area contributed by atoms with E-state index in [9.17, 15) is 4.79 Å². The first-order valence-corrected chi connectivity index (χ1v) is 6.36. The Kier molecular flexibility index (Phi) is 3.21. The van der Waals surface area contributed by atoms with Crippen LogP contribution < -0.4 is 4.74 Å². The highest BCUT2D eigenvalue weighted by Crippen LogP contribution is 2.19. The predicted molar refractivity (Wildman–Crippen MR) is 77.1 cm³/mol. The molecule has 0 spiro atoms. The topological polar surface area (TPSA) is 55.0 Å². The fourth-order valence-electron chi connectivity index (χ4n) is 2.25. The van der Waals surface area contributed by atoms with Crippen molar-refractivity contribution < 1.29 is 9.53 Å². The number of carbonyl (C=O) groups excluding carboxylic acids is 1. The Labute approximate surface area is 116 Å². The number of H-pyrrole nitrogens is 1. The summed E-state index contributed by atoms with van der Waals surface area (Å²) < 4.78 is 5.17. The van der Waals surface area contributed by atoms with Crippen molar-refractivity contribution in [3.63, 3.8) is 0 Å². The maximum Gasteiger partial charge on any atom is 0.169 e. The van der Waals surface area contributed by atoms with E-state index in [0.29, 0.717) is 12.0 Å². The molecule has 0 bridgehead atoms. The molecule has 0 atom stereocenters. The monoisotopic (exact) mass is 266 g/mol. The van der Waals surface area contributed by atoms with E-state index >= 15 is 0 Å². The van der Waals surface area contributed by atoms with Crippen LogP contribution in [0.2, 0.25) is 0 Å². The van der Waals surface area contributed by atoms with Crippen LogP contribution in [-0.4, -0.2) is 22.9 Å². The Hall–Kier alpha value is -2.62. The summed E-state index contributed by atoms with van der Waals surface area (Å²) in [5, 5.41) is 0.861. The maximum atomic E-state index is 12.4. The predicted octanol–water partition coefficient (Wildman–Crippen LogP) is 3.00. The van der Waals surface area contributed by atoms with E-state index in [1.54, 1.807) is 19.5 Å². The number of ketones is 1. The van der Waals surface area contributed by atoms with Crippen LogP contribution in [0.25, 0.3) is 11.0 Å². The van der Waals surface area contributed by atoms with Gasteiger partial charge in [-0.1, -0.05) is 12.1 Å². The maximum absolute atomic E-state index is 12.4. The van der Waals surface area contributed by atoms with Gasteiger partial charge in [-0.25, -0.2) is 4.98 Å². The summed E-state index contributed by atoms with van der Waals surface area (Å²) in [7, 11) is 1.62. The number of aromatic amines is 1. The van der Waals surface area contributed by atoms with Gasteiger partial charge in [0.15, 0.2) is 5.78 Å². The Morgan fingerprint density at radius 1 is 1.30 bits per heavy atom. The molecule has 4 heteroatoms. The smallest absolute Gasteiger partial charge is 0.169 e. The van der Waals surface area contributed by atoms with Crippen molar-refractivity contribution in [2.75, 3.05) is 7.11 Å². The lowest BCUT2D eigenvalue weighted by molar-refractivity contribution is 0.0994. The van der Waals surface area contributed by atoms with Crippen LogP contribution in [0.3, 0.4) is 0 Å². The summed E-state index contributed by atoms with van der Waals surface area (Å²) in [6.45, 7) is 0. The number of nitrogens with one attached hydrogen (secondary N) is 1. The van der Waals surface area contributed by atoms with E-state index in [2.05, 4.69) is 9.97 Å². The van der Waals surface area contributed by atoms with E-state index in [1.165, 1.54) is 0 Å². The zero-order valence-electron chi connectivity index (χ0n) is 11.1. The number of rotatable bonds is 4. The second kappa shape index (κ2) is 5.17. The third kappa shape index (κ3) is 2.28. The molecule has 0 fully saturated rings. The van der Waals surface area contributed by atoms with Crippen LogP contribution in [-0.2, 0) is 6.42 Å². The first-order valence-electron chi connectivity index (χ1n) is 6.36. The minimum Gasteiger partial charge on any atom is -0.497 e. The van der Waals surface area contributed by atoms with E-state index in [-0.39, 0.29) is 5.78 Å². The van der Waals surface area contributed by atoms with Crippen molar-refractivity contribution in [1.82, 2.24) is 9.97 Å². The van der Waals surface area contributed by atoms with Crippen LogP contribution in [0.4, 0.5) is 0 Å². The first-order chi connectivity index (χ1) is 9.78. The molecule has 3 aromatic rings. The minimum atomic E-state index is 0.0671. The van der Waals surface area contributed by atoms with E-state index < -0.39 is 0 Å². The van der Waals surface area contributed by atoms with Crippen molar-refractivity contribution in [3.05, 3.63) is 59.9 Å². The van der Waals surface area contributed by atoms with Gasteiger partial charge in [-0.15, -0.1) is 0 Å². The summed E-state index contributed by atoms with van der Waals surface area (Å²) >= 11 is 0. The molecule has 2 heterocycles. The lowest BCUT2D eigenvalue weighted by atomic mass is 10.0. The Morgan fingerprint density at radius 2 is 2.20 bits per heavy atom. The number of carbonyl (C=O) groups is 1. The Bertz CT molecular complexity index is 762. The van der Waals surface area contributed by atoms with Gasteiger partial charge in [-0.05, 0) is 29.8 Å². The molecule has 0 saturated carbocycles. The fourth-order valence-corrected chi connectivity index (χ4v) is 2.25. The second-order valence-corrected chi connectivity index (χ2v) is 4.55. The zero-order valence-corrected chi connectivity index (χ0v) is 11.1. The summed E-state index contributed by atoms with van der Waals surface area (Å²) in [6, 6.07) is 11.3. The molecule has 2 aromatic heterocycles. The lowest BCUT2D eigenvalue weighted by Crippen LogP contribution is -2.03. The van der Waals surface area contributed by atoms with Crippen molar-refractivity contribution in [3.8, 4) is 5.75 Å². The van der Waals surface area contributed by atoms with Crippen LogP contribution in [0, 0.1) is 0 Å². The molecule has 1 N–H and O–H groups in total. The van der Waals surface area contributed by atoms with Crippen molar-refractivity contribution in [2.45, 2.75) is 6.42 Å². The third-order valence-electron chi connectivity index (χ3n) is 3.25. The van der Waals surface area contributed by atoms with Gasteiger partial charge in [0.1, 0.15) is 11.4 Å². The van der Waals surface area contributed by atoms with Crippen LogP contribution in [0.1, 0.15) is 15.9 Å². The van der Waals surface area contributed by atoms with Crippen LogP contribution >= 0.6 is 0 Å². The third-order valence-corrected chi connectivity index (χ3v) is 3.25. The van der Waals surface area contributed by atoms with E-state index in [1.807, 2.05) is 36.4 Å². The normalized spacial score (nSPS) is 10.7. The number of hydrogen-bond acceptors (Lipinski definition) is 3. The average molecular weight is 266 g/mol. The molecule has 0 saturated heterocycles. The molecule has 1 aromatic carbocycles. The highest BCUT2D eigenvalue weighted by Gasteiger charge is 2.13. The molecule has 0 aliphatic rings. The van der Waals surface area contributed by atoms with E-state index in [0.717, 1.165) is 22.3 Å². The minimum absolute atomic E-state index is 0.0671. The van der Waals surface area contributed by atoms with Gasteiger partial charge < -0.3 is 9.72 Å². The Balaban J connectivity index is 1.89. The van der Waals surface area contributed by atoms with E-state index in [4.69, 9.17) is 4.74 Å². The standard InChI is InChI=1S/C16H14N2O2/c1-20-12-5-2-4-11(8-12)9-15(19)14-10-18-16-13(14)6-3-7-17-16/h2-8,10H,9H2,1H3,(H,17,18). The molecule has 100 valence electrons. The van der Waals surface area contributed by atoms with Gasteiger partial charge in [0.2, 0.25) is 0 Å². The number of nitrogens with zero attached hydrogens (tertiary/aromatic N) is 1. The van der Waals surface area contributed by atoms with Gasteiger partial charge in [0.25, 0.3) is 0 Å². The van der Waals surface area contributed by atoms with Gasteiger partial charge in [0, 0.05) is 29.8 Å². The van der Waals surface area contributed by atoms with Gasteiger partial charge in [0.05, 0.1) is 7.11 Å². The summed E-state index contributed by atoms with van der Waals surface area (Å²) in [6.07, 6.45) is 3.77. The summed E-state index contributed by atoms with van der Waals surface area (Å²) in [5.74, 6) is 0.827. The van der Waals surface area contributed by atoms with Crippen LogP contribution in [0.5, 0.6) is 5.75 Å². The molecular formula is C16H14N2O2. The number of ether oxygens (including phenoxy) is 1. The molecule has 0 aliphatic heterocycles. The van der Waals surface area contributed by atoms with Gasteiger partial charge in [-0.3, -0.25) is 4.79 Å². The quantitative estimate of drug-likeness (QED) is 0.738. The lowest BCUT2D eigenvalue weighted by Gasteiger charge is -2.03.